The van der Waals surface area contributed by atoms with Gasteiger partial charge in [-0.1, -0.05) is 41.9 Å². The first-order chi connectivity index (χ1) is 17.7. The van der Waals surface area contributed by atoms with Crippen molar-refractivity contribution in [1.29, 1.82) is 0 Å². The van der Waals surface area contributed by atoms with Gasteiger partial charge in [0.2, 0.25) is 5.91 Å². The molecule has 11 heteroatoms. The Morgan fingerprint density at radius 2 is 1.92 bits per heavy atom. The molecule has 0 saturated carbocycles. The van der Waals surface area contributed by atoms with Crippen molar-refractivity contribution < 1.29 is 28.2 Å². The van der Waals surface area contributed by atoms with E-state index in [1.54, 1.807) is 12.1 Å². The summed E-state index contributed by atoms with van der Waals surface area (Å²) in [6, 6.07) is 16.9. The van der Waals surface area contributed by atoms with Crippen molar-refractivity contribution in [2.24, 2.45) is 0 Å². The number of hydrogen-bond acceptors (Lipinski definition) is 6. The number of nitrogens with one attached hydrogen (secondary N) is 1. The van der Waals surface area contributed by atoms with Gasteiger partial charge in [-0.2, -0.15) is 0 Å². The van der Waals surface area contributed by atoms with Crippen LogP contribution in [0.15, 0.2) is 65.6 Å². The summed E-state index contributed by atoms with van der Waals surface area (Å²) in [6.45, 7) is -0.137. The lowest BCUT2D eigenvalue weighted by Gasteiger charge is -2.14. The van der Waals surface area contributed by atoms with E-state index in [2.05, 4.69) is 27.9 Å². The van der Waals surface area contributed by atoms with Gasteiger partial charge in [0.1, 0.15) is 19.0 Å². The van der Waals surface area contributed by atoms with Crippen molar-refractivity contribution in [2.45, 2.75) is 6.61 Å². The second-order valence-electron chi connectivity index (χ2n) is 7.75. The van der Waals surface area contributed by atoms with Gasteiger partial charge < -0.3 is 14.8 Å². The molecular formula is C26H19ClFIN2O5S. The van der Waals surface area contributed by atoms with E-state index in [0.29, 0.717) is 23.7 Å². The average molecular weight is 653 g/mol. The Labute approximate surface area is 235 Å². The van der Waals surface area contributed by atoms with Crippen molar-refractivity contribution >= 4 is 74.8 Å². The molecule has 7 nitrogen and oxygen atoms in total. The Balaban J connectivity index is 1.46. The highest BCUT2D eigenvalue weighted by Crippen LogP contribution is 2.37. The fourth-order valence-electron chi connectivity index (χ4n) is 3.40. The Morgan fingerprint density at radius 1 is 1.16 bits per heavy atom. The number of thioether (sulfide) groups is 1. The molecule has 3 aromatic carbocycles. The highest BCUT2D eigenvalue weighted by Gasteiger charge is 2.36. The van der Waals surface area contributed by atoms with Crippen LogP contribution in [0, 0.1) is 9.39 Å². The third kappa shape index (κ3) is 6.62. The fourth-order valence-corrected chi connectivity index (χ4v) is 5.20. The van der Waals surface area contributed by atoms with Gasteiger partial charge in [-0.25, -0.2) is 4.39 Å². The van der Waals surface area contributed by atoms with Crippen LogP contribution in [0.2, 0.25) is 5.02 Å². The molecule has 0 radical (unpaired) electrons. The smallest absolute Gasteiger partial charge is 0.294 e. The number of nitrogens with zero attached hydrogens (tertiary/aromatic N) is 1. The van der Waals surface area contributed by atoms with E-state index in [1.165, 1.54) is 19.2 Å². The first kappa shape index (κ1) is 27.0. The number of halogens is 3. The average Bonchev–Trinajstić information content (AvgIpc) is 3.13. The lowest BCUT2D eigenvalue weighted by atomic mass is 10.1. The van der Waals surface area contributed by atoms with E-state index in [4.69, 9.17) is 21.1 Å². The highest BCUT2D eigenvalue weighted by molar-refractivity contribution is 14.1. The third-order valence-corrected chi connectivity index (χ3v) is 7.15. The first-order valence-corrected chi connectivity index (χ1v) is 13.1. The maximum Gasteiger partial charge on any atom is 0.294 e. The molecule has 3 amide bonds. The quantitative estimate of drug-likeness (QED) is 0.226. The number of carbonyl (C=O) groups excluding carboxylic acids is 3. The minimum absolute atomic E-state index is 0.159. The molecule has 3 aromatic rings. The van der Waals surface area contributed by atoms with E-state index < -0.39 is 29.4 Å². The summed E-state index contributed by atoms with van der Waals surface area (Å²) in [5, 5.41) is 1.76. The Bertz CT molecular complexity index is 1400. The van der Waals surface area contributed by atoms with Crippen LogP contribution in [0.25, 0.3) is 6.08 Å². The minimum Gasteiger partial charge on any atom is -0.493 e. The van der Waals surface area contributed by atoms with Crippen LogP contribution >= 0.6 is 46.0 Å². The van der Waals surface area contributed by atoms with Gasteiger partial charge in [-0.3, -0.25) is 19.3 Å². The summed E-state index contributed by atoms with van der Waals surface area (Å²) < 4.78 is 25.6. The topological polar surface area (TPSA) is 84.9 Å². The van der Waals surface area contributed by atoms with Crippen molar-refractivity contribution in [2.75, 3.05) is 19.0 Å². The summed E-state index contributed by atoms with van der Waals surface area (Å²) in [7, 11) is 1.52. The molecule has 1 fully saturated rings. The van der Waals surface area contributed by atoms with Crippen LogP contribution in [0.1, 0.15) is 11.1 Å². The first-order valence-electron chi connectivity index (χ1n) is 10.8. The maximum absolute atomic E-state index is 13.3. The molecule has 0 atom stereocenters. The number of imide groups is 1. The molecule has 4 rings (SSSR count). The van der Waals surface area contributed by atoms with E-state index in [9.17, 15) is 18.8 Å². The number of anilines is 1. The number of amides is 3. The van der Waals surface area contributed by atoms with Crippen molar-refractivity contribution in [3.8, 4) is 11.5 Å². The lowest BCUT2D eigenvalue weighted by Crippen LogP contribution is -2.36. The van der Waals surface area contributed by atoms with Crippen LogP contribution in [0.4, 0.5) is 14.9 Å². The highest BCUT2D eigenvalue weighted by atomic mass is 127. The van der Waals surface area contributed by atoms with Gasteiger partial charge in [0.05, 0.1) is 20.6 Å². The molecule has 0 spiro atoms. The van der Waals surface area contributed by atoms with Gasteiger partial charge in [-0.15, -0.1) is 0 Å². The number of benzene rings is 3. The van der Waals surface area contributed by atoms with E-state index in [0.717, 1.165) is 31.9 Å². The zero-order valence-corrected chi connectivity index (χ0v) is 23.0. The normalized spacial score (nSPS) is 14.3. The van der Waals surface area contributed by atoms with Crippen LogP contribution in [0.3, 0.4) is 0 Å². The van der Waals surface area contributed by atoms with Crippen LogP contribution < -0.4 is 14.8 Å². The van der Waals surface area contributed by atoms with Crippen molar-refractivity contribution in [3.05, 3.63) is 91.1 Å². The molecule has 37 heavy (non-hydrogen) atoms. The van der Waals surface area contributed by atoms with Crippen LogP contribution in [-0.2, 0) is 16.2 Å². The molecule has 1 aliphatic rings. The molecule has 1 N–H and O–H groups in total. The molecule has 190 valence electrons. The minimum atomic E-state index is -0.627. The van der Waals surface area contributed by atoms with Gasteiger partial charge in [0.25, 0.3) is 11.1 Å². The summed E-state index contributed by atoms with van der Waals surface area (Å²) in [5.74, 6) is -0.804. The van der Waals surface area contributed by atoms with Crippen molar-refractivity contribution in [1.82, 2.24) is 4.90 Å². The zero-order valence-electron chi connectivity index (χ0n) is 19.3. The lowest BCUT2D eigenvalue weighted by molar-refractivity contribution is -0.127. The van der Waals surface area contributed by atoms with Gasteiger partial charge in [0.15, 0.2) is 11.5 Å². The van der Waals surface area contributed by atoms with E-state index in [1.807, 2.05) is 36.4 Å². The second-order valence-corrected chi connectivity index (χ2v) is 10.3. The molecule has 0 unspecified atom stereocenters. The van der Waals surface area contributed by atoms with Gasteiger partial charge >= 0.3 is 0 Å². The standard InChI is InChI=1S/C26H19ClFIN2O5S/c1-35-21-10-16(9-20(29)24(21)36-14-15-5-3-2-4-6-15)11-22-25(33)31(26(34)37-22)13-23(32)30-17-7-8-19(28)18(27)12-17/h2-12H,13-14H2,1H3,(H,30,32)/b22-11+. The summed E-state index contributed by atoms with van der Waals surface area (Å²) in [5.41, 5.74) is 1.88. The molecule has 0 bridgehead atoms. The maximum atomic E-state index is 13.3. The Morgan fingerprint density at radius 3 is 2.62 bits per heavy atom. The summed E-state index contributed by atoms with van der Waals surface area (Å²) >= 11 is 8.58. The number of ether oxygens (including phenoxy) is 2. The summed E-state index contributed by atoms with van der Waals surface area (Å²) in [4.78, 5) is 38.8. The Hall–Kier alpha value is -3.09. The molecule has 0 aliphatic carbocycles. The zero-order chi connectivity index (χ0) is 26.5. The van der Waals surface area contributed by atoms with Crippen LogP contribution in [0.5, 0.6) is 11.5 Å². The number of carbonyl (C=O) groups is 3. The largest absolute Gasteiger partial charge is 0.493 e. The van der Waals surface area contributed by atoms with E-state index in [-0.39, 0.29) is 15.6 Å². The van der Waals surface area contributed by atoms with E-state index >= 15 is 0 Å². The van der Waals surface area contributed by atoms with Crippen LogP contribution in [-0.4, -0.2) is 35.6 Å². The number of methoxy groups -OCH3 is 1. The summed E-state index contributed by atoms with van der Waals surface area (Å²) in [6.07, 6.45) is 1.56. The predicted octanol–water partition coefficient (Wildman–Crippen LogP) is 6.35. The number of hydrogen-bond donors (Lipinski definition) is 1. The molecule has 1 saturated heterocycles. The van der Waals surface area contributed by atoms with Gasteiger partial charge in [-0.05, 0) is 81.9 Å². The van der Waals surface area contributed by atoms with Crippen molar-refractivity contribution in [3.63, 3.8) is 0 Å². The molecule has 1 heterocycles. The number of rotatable bonds is 8. The monoisotopic (exact) mass is 652 g/mol. The second kappa shape index (κ2) is 12.0. The van der Waals surface area contributed by atoms with Gasteiger partial charge in [0, 0.05) is 5.69 Å². The molecule has 0 aromatic heterocycles. The predicted molar refractivity (Wildman–Crippen MR) is 149 cm³/mol. The molecular weight excluding hydrogens is 634 g/mol. The SMILES string of the molecule is COc1cc(/C=C2/SC(=O)N(CC(=O)Nc3ccc(F)c(Cl)c3)C2=O)cc(I)c1OCc1ccccc1. The fraction of sp³-hybridized carbons (Fsp3) is 0.115. The Kier molecular flexibility index (Phi) is 8.72. The third-order valence-electron chi connectivity index (χ3n) is 5.15. The molecule has 1 aliphatic heterocycles.